The van der Waals surface area contributed by atoms with E-state index in [0.29, 0.717) is 33.8 Å². The lowest BCUT2D eigenvalue weighted by Crippen LogP contribution is -2.26. The smallest absolute Gasteiger partial charge is 0.257 e. The van der Waals surface area contributed by atoms with Gasteiger partial charge in [0.05, 0.1) is 17.6 Å². The third kappa shape index (κ3) is 3.29. The highest BCUT2D eigenvalue weighted by molar-refractivity contribution is 9.10. The summed E-state index contributed by atoms with van der Waals surface area (Å²) >= 11 is 15.7. The van der Waals surface area contributed by atoms with Gasteiger partial charge in [-0.3, -0.25) is 9.36 Å². The molecule has 1 atom stereocenters. The number of carbonyl (C=O) groups is 1. The lowest BCUT2D eigenvalue weighted by atomic mass is 10.1. The highest BCUT2D eigenvalue weighted by Gasteiger charge is 2.40. The van der Waals surface area contributed by atoms with E-state index in [0.717, 1.165) is 10.0 Å². The molecule has 4 rings (SSSR count). The van der Waals surface area contributed by atoms with Crippen LogP contribution in [0, 0.1) is 5.41 Å². The largest absolute Gasteiger partial charge is 0.307 e. The maximum Gasteiger partial charge on any atom is 0.257 e. The van der Waals surface area contributed by atoms with Crippen LogP contribution in [0.1, 0.15) is 17.3 Å². The molecule has 8 heteroatoms. The molecule has 3 aromatic rings. The van der Waals surface area contributed by atoms with Crippen molar-refractivity contribution in [1.82, 2.24) is 9.55 Å². The van der Waals surface area contributed by atoms with E-state index in [1.54, 1.807) is 29.0 Å². The van der Waals surface area contributed by atoms with Crippen molar-refractivity contribution in [1.29, 1.82) is 5.41 Å². The first-order valence-corrected chi connectivity index (χ1v) is 9.65. The van der Waals surface area contributed by atoms with Crippen LogP contribution in [0.4, 0.5) is 11.6 Å². The van der Waals surface area contributed by atoms with Crippen LogP contribution in [0.15, 0.2) is 53.1 Å². The molecule has 0 unspecified atom stereocenters. The zero-order valence-electron chi connectivity index (χ0n) is 13.9. The summed E-state index contributed by atoms with van der Waals surface area (Å²) in [5.74, 6) is 0.321. The number of nitrogens with one attached hydrogen (secondary N) is 1. The average Bonchev–Trinajstić information content (AvgIpc) is 3.14. The number of benzene rings is 2. The van der Waals surface area contributed by atoms with Crippen LogP contribution in [0.2, 0.25) is 10.0 Å². The first-order valence-electron chi connectivity index (χ1n) is 8.10. The van der Waals surface area contributed by atoms with Gasteiger partial charge in [0, 0.05) is 27.2 Å². The molecule has 1 N–H and O–H groups in total. The van der Waals surface area contributed by atoms with Gasteiger partial charge in [-0.05, 0) is 35.9 Å². The van der Waals surface area contributed by atoms with Crippen molar-refractivity contribution in [2.45, 2.75) is 12.5 Å². The second kappa shape index (κ2) is 7.11. The van der Waals surface area contributed by atoms with Gasteiger partial charge in [-0.2, -0.15) is 0 Å². The number of halogens is 3. The van der Waals surface area contributed by atoms with E-state index < -0.39 is 6.04 Å². The molecule has 0 fully saturated rings. The fraction of sp³-hybridized carbons (Fsp3) is 0.105. The molecule has 2 aromatic carbocycles. The average molecular weight is 464 g/mol. The minimum absolute atomic E-state index is 0.137. The topological polar surface area (TPSA) is 62.0 Å². The van der Waals surface area contributed by atoms with E-state index in [9.17, 15) is 4.79 Å². The van der Waals surface area contributed by atoms with Gasteiger partial charge in [0.25, 0.3) is 5.91 Å². The molecule has 1 aliphatic rings. The number of amides is 1. The fourth-order valence-electron chi connectivity index (χ4n) is 3.25. The molecule has 5 nitrogen and oxygen atoms in total. The highest BCUT2D eigenvalue weighted by atomic mass is 79.9. The minimum atomic E-state index is -0.502. The number of imidazole rings is 1. The second-order valence-corrected chi connectivity index (χ2v) is 7.93. The Balaban J connectivity index is 1.79. The molecule has 0 bridgehead atoms. The Morgan fingerprint density at radius 3 is 2.44 bits per heavy atom. The van der Waals surface area contributed by atoms with Gasteiger partial charge in [0.2, 0.25) is 5.95 Å². The van der Waals surface area contributed by atoms with Crippen LogP contribution < -0.4 is 4.90 Å². The van der Waals surface area contributed by atoms with Gasteiger partial charge in [0.15, 0.2) is 0 Å². The van der Waals surface area contributed by atoms with E-state index >= 15 is 0 Å². The van der Waals surface area contributed by atoms with E-state index in [2.05, 4.69) is 20.9 Å². The Labute approximate surface area is 174 Å². The van der Waals surface area contributed by atoms with Crippen LogP contribution >= 0.6 is 39.1 Å². The Morgan fingerprint density at radius 1 is 1.15 bits per heavy atom. The second-order valence-electron chi connectivity index (χ2n) is 6.15. The van der Waals surface area contributed by atoms with Crippen molar-refractivity contribution in [3.63, 3.8) is 0 Å². The highest BCUT2D eigenvalue weighted by Crippen LogP contribution is 2.39. The number of anilines is 2. The van der Waals surface area contributed by atoms with E-state index in [4.69, 9.17) is 28.6 Å². The van der Waals surface area contributed by atoms with Gasteiger partial charge in [-0.25, -0.2) is 9.88 Å². The van der Waals surface area contributed by atoms with Gasteiger partial charge in [0.1, 0.15) is 6.04 Å². The van der Waals surface area contributed by atoms with Crippen molar-refractivity contribution < 1.29 is 4.79 Å². The first kappa shape index (κ1) is 18.2. The van der Waals surface area contributed by atoms with Crippen LogP contribution in [-0.2, 0) is 11.2 Å². The summed E-state index contributed by atoms with van der Waals surface area (Å²) in [6.07, 6.45) is 3.27. The summed E-state index contributed by atoms with van der Waals surface area (Å²) < 4.78 is 2.76. The van der Waals surface area contributed by atoms with Gasteiger partial charge < -0.3 is 5.41 Å². The number of aromatic nitrogens is 2. The zero-order valence-corrected chi connectivity index (χ0v) is 17.0. The van der Waals surface area contributed by atoms with E-state index in [1.807, 2.05) is 24.3 Å². The molecule has 136 valence electrons. The molecule has 27 heavy (non-hydrogen) atoms. The van der Waals surface area contributed by atoms with Crippen molar-refractivity contribution in [2.24, 2.45) is 0 Å². The summed E-state index contributed by atoms with van der Waals surface area (Å²) in [5, 5.41) is 8.54. The van der Waals surface area contributed by atoms with Gasteiger partial charge in [-0.15, -0.1) is 0 Å². The third-order valence-corrected chi connectivity index (χ3v) is 5.38. The summed E-state index contributed by atoms with van der Waals surface area (Å²) in [7, 11) is 0. The maximum atomic E-state index is 13.3. The number of hydrogen-bond donors (Lipinski definition) is 1. The predicted molar refractivity (Wildman–Crippen MR) is 111 cm³/mol. The molecule has 1 aromatic heterocycles. The Morgan fingerprint density at radius 2 is 1.81 bits per heavy atom. The summed E-state index contributed by atoms with van der Waals surface area (Å²) in [6.45, 7) is 0. The van der Waals surface area contributed by atoms with Gasteiger partial charge in [-0.1, -0.05) is 51.3 Å². The SMILES string of the molecule is N=Cc1cnc2n1[C@H](Cc1ccc(Br)cc1)C(=O)N2c1cc(Cl)cc(Cl)c1. The minimum Gasteiger partial charge on any atom is -0.307 e. The molecule has 0 spiro atoms. The van der Waals surface area contributed by atoms with Crippen molar-refractivity contribution in [2.75, 3.05) is 4.90 Å². The Bertz CT molecular complexity index is 1030. The lowest BCUT2D eigenvalue weighted by molar-refractivity contribution is -0.119. The van der Waals surface area contributed by atoms with Crippen LogP contribution in [-0.4, -0.2) is 21.7 Å². The first-order chi connectivity index (χ1) is 13.0. The summed E-state index contributed by atoms with van der Waals surface area (Å²) in [6, 6.07) is 12.3. The van der Waals surface area contributed by atoms with Gasteiger partial charge >= 0.3 is 0 Å². The molecule has 0 radical (unpaired) electrons. The number of hydrogen-bond acceptors (Lipinski definition) is 3. The molecule has 1 amide bonds. The standard InChI is InChI=1S/C19H13BrCl2N4O/c20-12-3-1-11(2-4-12)5-17-18(27)26(15-7-13(21)6-14(22)8-15)19-24-10-16(9-23)25(17)19/h1-4,6-10,17,23H,5H2/t17-/m1/s1. The van der Waals surface area contributed by atoms with Crippen LogP contribution in [0.3, 0.4) is 0 Å². The van der Waals surface area contributed by atoms with Crippen molar-refractivity contribution >= 4 is 62.9 Å². The van der Waals surface area contributed by atoms with E-state index in [-0.39, 0.29) is 5.91 Å². The molecule has 0 saturated carbocycles. The normalized spacial score (nSPS) is 15.9. The molecular formula is C19H13BrCl2N4O. The molecule has 1 aliphatic heterocycles. The van der Waals surface area contributed by atoms with Crippen LogP contribution in [0.5, 0.6) is 0 Å². The summed E-state index contributed by atoms with van der Waals surface area (Å²) in [4.78, 5) is 19.2. The number of carbonyl (C=O) groups excluding carboxylic acids is 1. The number of rotatable bonds is 4. The predicted octanol–water partition coefficient (Wildman–Crippen LogP) is 5.41. The monoisotopic (exact) mass is 462 g/mol. The summed E-state index contributed by atoms with van der Waals surface area (Å²) in [5.41, 5.74) is 2.13. The third-order valence-electron chi connectivity index (χ3n) is 4.42. The van der Waals surface area contributed by atoms with Crippen molar-refractivity contribution in [3.05, 3.63) is 74.4 Å². The zero-order chi connectivity index (χ0) is 19.1. The molecule has 2 heterocycles. The Hall–Kier alpha value is -2.15. The van der Waals surface area contributed by atoms with E-state index in [1.165, 1.54) is 11.1 Å². The molecule has 0 aliphatic carbocycles. The van der Waals surface area contributed by atoms with Crippen LogP contribution in [0.25, 0.3) is 0 Å². The van der Waals surface area contributed by atoms with Crippen molar-refractivity contribution in [3.8, 4) is 0 Å². The Kier molecular flexibility index (Phi) is 4.80. The maximum absolute atomic E-state index is 13.3. The fourth-order valence-corrected chi connectivity index (χ4v) is 4.03. The molecule has 0 saturated heterocycles. The number of nitrogens with zero attached hydrogens (tertiary/aromatic N) is 3. The molecular weight excluding hydrogens is 451 g/mol. The quantitative estimate of drug-likeness (QED) is 0.525. The number of fused-ring (bicyclic) bond motifs is 1. The lowest BCUT2D eigenvalue weighted by Gasteiger charge is -2.16.